The summed E-state index contributed by atoms with van der Waals surface area (Å²) in [5, 5.41) is 15.0. The molecule has 0 aromatic heterocycles. The first-order valence-electron chi connectivity index (χ1n) is 6.44. The molecule has 1 fully saturated rings. The van der Waals surface area contributed by atoms with Gasteiger partial charge in [0.05, 0.1) is 12.6 Å². The van der Waals surface area contributed by atoms with E-state index in [1.165, 1.54) is 19.2 Å². The SMILES string of the molecule is COc1cc(NC(=O)C2(C)CCCN2)ccc1C(=O)O. The van der Waals surface area contributed by atoms with Gasteiger partial charge in [-0.1, -0.05) is 0 Å². The number of rotatable bonds is 4. The van der Waals surface area contributed by atoms with E-state index in [1.54, 1.807) is 6.07 Å². The molecule has 1 aliphatic heterocycles. The Morgan fingerprint density at radius 2 is 2.20 bits per heavy atom. The van der Waals surface area contributed by atoms with Crippen molar-refractivity contribution in [2.24, 2.45) is 0 Å². The predicted octanol–water partition coefficient (Wildman–Crippen LogP) is 1.47. The molecule has 1 amide bonds. The highest BCUT2D eigenvalue weighted by Gasteiger charge is 2.35. The Balaban J connectivity index is 2.18. The van der Waals surface area contributed by atoms with E-state index in [0.717, 1.165) is 19.4 Å². The van der Waals surface area contributed by atoms with Crippen LogP contribution in [0.25, 0.3) is 0 Å². The number of nitrogens with one attached hydrogen (secondary N) is 2. The first-order valence-corrected chi connectivity index (χ1v) is 6.44. The van der Waals surface area contributed by atoms with Gasteiger partial charge in [-0.3, -0.25) is 4.79 Å². The van der Waals surface area contributed by atoms with E-state index in [4.69, 9.17) is 9.84 Å². The van der Waals surface area contributed by atoms with Crippen molar-refractivity contribution in [3.8, 4) is 5.75 Å². The van der Waals surface area contributed by atoms with Crippen LogP contribution in [0.5, 0.6) is 5.75 Å². The average Bonchev–Trinajstić information content (AvgIpc) is 2.86. The molecular weight excluding hydrogens is 260 g/mol. The van der Waals surface area contributed by atoms with Gasteiger partial charge >= 0.3 is 5.97 Å². The molecule has 3 N–H and O–H groups in total. The molecule has 1 aliphatic rings. The van der Waals surface area contributed by atoms with E-state index in [-0.39, 0.29) is 17.2 Å². The van der Waals surface area contributed by atoms with Gasteiger partial charge in [-0.25, -0.2) is 4.79 Å². The standard InChI is InChI=1S/C14H18N2O4/c1-14(6-3-7-15-14)13(19)16-9-4-5-10(12(17)18)11(8-9)20-2/h4-5,8,15H,3,6-7H2,1-2H3,(H,16,19)(H,17,18). The summed E-state index contributed by atoms with van der Waals surface area (Å²) in [6.45, 7) is 2.68. The van der Waals surface area contributed by atoms with Gasteiger partial charge in [-0.05, 0) is 38.4 Å². The van der Waals surface area contributed by atoms with Crippen LogP contribution in [0.2, 0.25) is 0 Å². The Labute approximate surface area is 117 Å². The van der Waals surface area contributed by atoms with Crippen molar-refractivity contribution in [3.63, 3.8) is 0 Å². The van der Waals surface area contributed by atoms with E-state index in [1.807, 2.05) is 6.92 Å². The predicted molar refractivity (Wildman–Crippen MR) is 74.2 cm³/mol. The number of anilines is 1. The normalized spacial score (nSPS) is 21.5. The van der Waals surface area contributed by atoms with Crippen molar-refractivity contribution in [2.45, 2.75) is 25.3 Å². The number of carboxylic acid groups (broad SMARTS) is 1. The highest BCUT2D eigenvalue weighted by molar-refractivity contribution is 5.99. The van der Waals surface area contributed by atoms with Crippen LogP contribution in [0.4, 0.5) is 5.69 Å². The molecule has 0 spiro atoms. The smallest absolute Gasteiger partial charge is 0.339 e. The zero-order valence-corrected chi connectivity index (χ0v) is 11.5. The van der Waals surface area contributed by atoms with Crippen LogP contribution in [-0.4, -0.2) is 36.2 Å². The van der Waals surface area contributed by atoms with Gasteiger partial charge in [-0.2, -0.15) is 0 Å². The van der Waals surface area contributed by atoms with Crippen LogP contribution in [0, 0.1) is 0 Å². The molecule has 1 unspecified atom stereocenters. The van der Waals surface area contributed by atoms with E-state index in [0.29, 0.717) is 5.69 Å². The van der Waals surface area contributed by atoms with Crippen molar-refractivity contribution in [3.05, 3.63) is 23.8 Å². The molecule has 1 aromatic rings. The number of aromatic carboxylic acids is 1. The second-order valence-electron chi connectivity index (χ2n) is 5.04. The summed E-state index contributed by atoms with van der Waals surface area (Å²) in [6.07, 6.45) is 1.74. The molecule has 2 rings (SSSR count). The molecule has 0 saturated carbocycles. The number of carboxylic acids is 1. The third-order valence-corrected chi connectivity index (χ3v) is 3.56. The molecule has 1 saturated heterocycles. The molecule has 1 heterocycles. The molecule has 6 nitrogen and oxygen atoms in total. The van der Waals surface area contributed by atoms with Crippen LogP contribution >= 0.6 is 0 Å². The number of ether oxygens (including phenoxy) is 1. The number of hydrogen-bond acceptors (Lipinski definition) is 4. The molecular formula is C14H18N2O4. The lowest BCUT2D eigenvalue weighted by Crippen LogP contribution is -2.47. The first-order chi connectivity index (χ1) is 9.46. The van der Waals surface area contributed by atoms with Crippen molar-refractivity contribution < 1.29 is 19.4 Å². The summed E-state index contributed by atoms with van der Waals surface area (Å²) in [4.78, 5) is 23.2. The lowest BCUT2D eigenvalue weighted by atomic mass is 9.99. The van der Waals surface area contributed by atoms with Crippen LogP contribution < -0.4 is 15.4 Å². The molecule has 0 bridgehead atoms. The number of amides is 1. The maximum atomic E-state index is 12.2. The maximum Gasteiger partial charge on any atom is 0.339 e. The van der Waals surface area contributed by atoms with Gasteiger partial charge in [0.1, 0.15) is 11.3 Å². The number of carbonyl (C=O) groups excluding carboxylic acids is 1. The Kier molecular flexibility index (Phi) is 3.94. The fourth-order valence-electron chi connectivity index (χ4n) is 2.30. The Bertz CT molecular complexity index is 536. The monoisotopic (exact) mass is 278 g/mol. The maximum absolute atomic E-state index is 12.2. The summed E-state index contributed by atoms with van der Waals surface area (Å²) in [7, 11) is 1.40. The Morgan fingerprint density at radius 3 is 2.75 bits per heavy atom. The third-order valence-electron chi connectivity index (χ3n) is 3.56. The second kappa shape index (κ2) is 5.50. The first kappa shape index (κ1) is 14.3. The lowest BCUT2D eigenvalue weighted by molar-refractivity contribution is -0.121. The quantitative estimate of drug-likeness (QED) is 0.776. The summed E-state index contributed by atoms with van der Waals surface area (Å²) in [5.41, 5.74) is 0.0149. The van der Waals surface area contributed by atoms with E-state index >= 15 is 0 Å². The lowest BCUT2D eigenvalue weighted by Gasteiger charge is -2.23. The van der Waals surface area contributed by atoms with Gasteiger partial charge < -0.3 is 20.5 Å². The molecule has 0 radical (unpaired) electrons. The molecule has 1 aromatic carbocycles. The number of benzene rings is 1. The van der Waals surface area contributed by atoms with E-state index in [2.05, 4.69) is 10.6 Å². The van der Waals surface area contributed by atoms with Crippen LogP contribution in [0.1, 0.15) is 30.1 Å². The average molecular weight is 278 g/mol. The van der Waals surface area contributed by atoms with Gasteiger partial charge in [0.2, 0.25) is 5.91 Å². The zero-order chi connectivity index (χ0) is 14.8. The summed E-state index contributed by atoms with van der Waals surface area (Å²) < 4.78 is 5.03. The van der Waals surface area contributed by atoms with Crippen LogP contribution in [0.3, 0.4) is 0 Å². The second-order valence-corrected chi connectivity index (χ2v) is 5.04. The van der Waals surface area contributed by atoms with Crippen molar-refractivity contribution in [1.29, 1.82) is 0 Å². The van der Waals surface area contributed by atoms with Crippen LogP contribution in [-0.2, 0) is 4.79 Å². The van der Waals surface area contributed by atoms with Gasteiger partial charge in [0, 0.05) is 11.8 Å². The molecule has 1 atom stereocenters. The molecule has 20 heavy (non-hydrogen) atoms. The van der Waals surface area contributed by atoms with Gasteiger partial charge in [0.25, 0.3) is 0 Å². The molecule has 0 aliphatic carbocycles. The summed E-state index contributed by atoms with van der Waals surface area (Å²) >= 11 is 0. The van der Waals surface area contributed by atoms with Crippen molar-refractivity contribution in [2.75, 3.05) is 19.0 Å². The van der Waals surface area contributed by atoms with E-state index < -0.39 is 11.5 Å². The highest BCUT2D eigenvalue weighted by Crippen LogP contribution is 2.25. The fourth-order valence-corrected chi connectivity index (χ4v) is 2.30. The summed E-state index contributed by atoms with van der Waals surface area (Å²) in [5.74, 6) is -0.968. The minimum atomic E-state index is -1.07. The topological polar surface area (TPSA) is 87.7 Å². The van der Waals surface area contributed by atoms with Gasteiger partial charge in [0.15, 0.2) is 0 Å². The largest absolute Gasteiger partial charge is 0.496 e. The number of carbonyl (C=O) groups is 2. The summed E-state index contributed by atoms with van der Waals surface area (Å²) in [6, 6.07) is 4.49. The van der Waals surface area contributed by atoms with E-state index in [9.17, 15) is 9.59 Å². The van der Waals surface area contributed by atoms with Crippen molar-refractivity contribution >= 4 is 17.6 Å². The van der Waals surface area contributed by atoms with Gasteiger partial charge in [-0.15, -0.1) is 0 Å². The number of hydrogen-bond donors (Lipinski definition) is 3. The molecule has 108 valence electrons. The van der Waals surface area contributed by atoms with Crippen molar-refractivity contribution in [1.82, 2.24) is 5.32 Å². The zero-order valence-electron chi connectivity index (χ0n) is 11.5. The Morgan fingerprint density at radius 1 is 1.45 bits per heavy atom. The Hall–Kier alpha value is -2.08. The van der Waals surface area contributed by atoms with Crippen LogP contribution in [0.15, 0.2) is 18.2 Å². The fraction of sp³-hybridized carbons (Fsp3) is 0.429. The minimum absolute atomic E-state index is 0.0655. The molecule has 6 heteroatoms. The third kappa shape index (κ3) is 2.75. The highest BCUT2D eigenvalue weighted by atomic mass is 16.5. The number of methoxy groups -OCH3 is 1. The minimum Gasteiger partial charge on any atom is -0.496 e.